The second-order valence-corrected chi connectivity index (χ2v) is 3.81. The van der Waals surface area contributed by atoms with Crippen LogP contribution in [-0.2, 0) is 9.53 Å². The first kappa shape index (κ1) is 13.4. The van der Waals surface area contributed by atoms with Crippen molar-refractivity contribution in [2.45, 2.75) is 33.3 Å². The number of ether oxygens (including phenoxy) is 1. The monoisotopic (exact) mass is 202 g/mol. The number of hydrogen-bond acceptors (Lipinski definition) is 3. The van der Waals surface area contributed by atoms with Crippen molar-refractivity contribution in [2.24, 2.45) is 11.7 Å². The predicted octanol–water partition coefficient (Wildman–Crippen LogP) is 0.513. The minimum absolute atomic E-state index is 0.0512. The van der Waals surface area contributed by atoms with E-state index in [1.54, 1.807) is 0 Å². The van der Waals surface area contributed by atoms with E-state index < -0.39 is 0 Å². The molecule has 0 rings (SSSR count). The maximum atomic E-state index is 11.2. The van der Waals surface area contributed by atoms with E-state index in [0.717, 1.165) is 0 Å². The molecule has 0 heterocycles. The molecule has 0 saturated heterocycles. The Morgan fingerprint density at radius 2 is 2.07 bits per heavy atom. The Kier molecular flexibility index (Phi) is 7.42. The van der Waals surface area contributed by atoms with Crippen LogP contribution in [0.2, 0.25) is 0 Å². The summed E-state index contributed by atoms with van der Waals surface area (Å²) in [7, 11) is 0. The molecule has 0 spiro atoms. The molecule has 0 aromatic heterocycles. The highest BCUT2D eigenvalue weighted by atomic mass is 16.5. The Balaban J connectivity index is 3.36. The number of amides is 1. The first-order valence-corrected chi connectivity index (χ1v) is 5.14. The standard InChI is InChI=1S/C10H22N2O2/c1-8(2)14-5-4-12-10(13)6-9(3)7-11/h8-9H,4-7,11H2,1-3H3,(H,12,13). The lowest BCUT2D eigenvalue weighted by Crippen LogP contribution is -2.30. The largest absolute Gasteiger partial charge is 0.377 e. The zero-order valence-corrected chi connectivity index (χ0v) is 9.38. The average molecular weight is 202 g/mol. The van der Waals surface area contributed by atoms with Gasteiger partial charge in [0.25, 0.3) is 0 Å². The number of carbonyl (C=O) groups is 1. The molecule has 0 fully saturated rings. The second-order valence-electron chi connectivity index (χ2n) is 3.81. The molecule has 0 aromatic rings. The summed E-state index contributed by atoms with van der Waals surface area (Å²) in [5.41, 5.74) is 5.41. The van der Waals surface area contributed by atoms with Gasteiger partial charge in [-0.1, -0.05) is 6.92 Å². The van der Waals surface area contributed by atoms with Crippen molar-refractivity contribution in [3.63, 3.8) is 0 Å². The zero-order chi connectivity index (χ0) is 11.0. The van der Waals surface area contributed by atoms with Gasteiger partial charge in [-0.3, -0.25) is 4.79 Å². The van der Waals surface area contributed by atoms with Gasteiger partial charge in [-0.2, -0.15) is 0 Å². The van der Waals surface area contributed by atoms with Crippen molar-refractivity contribution in [3.05, 3.63) is 0 Å². The molecule has 0 radical (unpaired) electrons. The molecular formula is C10H22N2O2. The molecule has 1 unspecified atom stereocenters. The van der Waals surface area contributed by atoms with Gasteiger partial charge < -0.3 is 15.8 Å². The summed E-state index contributed by atoms with van der Waals surface area (Å²) >= 11 is 0. The van der Waals surface area contributed by atoms with Gasteiger partial charge in [-0.25, -0.2) is 0 Å². The van der Waals surface area contributed by atoms with Crippen molar-refractivity contribution in [1.82, 2.24) is 5.32 Å². The number of hydrogen-bond donors (Lipinski definition) is 2. The summed E-state index contributed by atoms with van der Waals surface area (Å²) in [4.78, 5) is 11.2. The lowest BCUT2D eigenvalue weighted by molar-refractivity contribution is -0.122. The third-order valence-corrected chi connectivity index (χ3v) is 1.81. The Morgan fingerprint density at radius 1 is 1.43 bits per heavy atom. The summed E-state index contributed by atoms with van der Waals surface area (Å²) < 4.78 is 5.28. The van der Waals surface area contributed by atoms with E-state index in [0.29, 0.717) is 26.1 Å². The van der Waals surface area contributed by atoms with Crippen LogP contribution in [0.4, 0.5) is 0 Å². The van der Waals surface area contributed by atoms with Crippen LogP contribution in [0.25, 0.3) is 0 Å². The van der Waals surface area contributed by atoms with Crippen LogP contribution in [0.3, 0.4) is 0 Å². The van der Waals surface area contributed by atoms with E-state index in [4.69, 9.17) is 10.5 Å². The van der Waals surface area contributed by atoms with Crippen LogP contribution < -0.4 is 11.1 Å². The molecule has 14 heavy (non-hydrogen) atoms. The molecule has 1 amide bonds. The van der Waals surface area contributed by atoms with Gasteiger partial charge >= 0.3 is 0 Å². The normalized spacial score (nSPS) is 12.9. The number of nitrogens with two attached hydrogens (primary N) is 1. The number of carbonyl (C=O) groups excluding carboxylic acids is 1. The third-order valence-electron chi connectivity index (χ3n) is 1.81. The molecule has 0 aliphatic rings. The van der Waals surface area contributed by atoms with E-state index in [2.05, 4.69) is 5.32 Å². The zero-order valence-electron chi connectivity index (χ0n) is 9.38. The molecule has 4 heteroatoms. The summed E-state index contributed by atoms with van der Waals surface area (Å²) in [5.74, 6) is 0.302. The predicted molar refractivity (Wildman–Crippen MR) is 56.9 cm³/mol. The summed E-state index contributed by atoms with van der Waals surface area (Å²) in [6.45, 7) is 7.60. The minimum atomic E-state index is 0.0512. The Hall–Kier alpha value is -0.610. The van der Waals surface area contributed by atoms with Gasteiger partial charge in [0.2, 0.25) is 5.91 Å². The molecule has 0 saturated carbocycles. The van der Waals surface area contributed by atoms with Crippen molar-refractivity contribution >= 4 is 5.91 Å². The van der Waals surface area contributed by atoms with Crippen molar-refractivity contribution in [2.75, 3.05) is 19.7 Å². The van der Waals surface area contributed by atoms with Crippen LogP contribution in [-0.4, -0.2) is 31.7 Å². The Morgan fingerprint density at radius 3 is 2.57 bits per heavy atom. The molecule has 0 aliphatic carbocycles. The first-order valence-electron chi connectivity index (χ1n) is 5.14. The summed E-state index contributed by atoms with van der Waals surface area (Å²) in [6.07, 6.45) is 0.716. The maximum absolute atomic E-state index is 11.2. The number of nitrogens with one attached hydrogen (secondary N) is 1. The van der Waals surface area contributed by atoms with Gasteiger partial charge in [-0.15, -0.1) is 0 Å². The fourth-order valence-corrected chi connectivity index (χ4v) is 0.957. The van der Waals surface area contributed by atoms with Crippen molar-refractivity contribution < 1.29 is 9.53 Å². The molecule has 4 nitrogen and oxygen atoms in total. The van der Waals surface area contributed by atoms with Crippen LogP contribution >= 0.6 is 0 Å². The molecule has 1 atom stereocenters. The van der Waals surface area contributed by atoms with E-state index in [9.17, 15) is 4.79 Å². The van der Waals surface area contributed by atoms with Gasteiger partial charge in [-0.05, 0) is 26.3 Å². The van der Waals surface area contributed by atoms with Gasteiger partial charge in [0.1, 0.15) is 0 Å². The lowest BCUT2D eigenvalue weighted by atomic mass is 10.1. The number of rotatable bonds is 7. The smallest absolute Gasteiger partial charge is 0.220 e. The van der Waals surface area contributed by atoms with Crippen LogP contribution in [0.1, 0.15) is 27.2 Å². The summed E-state index contributed by atoms with van der Waals surface area (Å²) in [6, 6.07) is 0. The SMILES string of the molecule is CC(CN)CC(=O)NCCOC(C)C. The van der Waals surface area contributed by atoms with Gasteiger partial charge in [0, 0.05) is 13.0 Å². The summed E-state index contributed by atoms with van der Waals surface area (Å²) in [5, 5.41) is 2.78. The Labute approximate surface area is 86.2 Å². The van der Waals surface area contributed by atoms with Crippen LogP contribution in [0.15, 0.2) is 0 Å². The highest BCUT2D eigenvalue weighted by molar-refractivity contribution is 5.76. The minimum Gasteiger partial charge on any atom is -0.377 e. The first-order chi connectivity index (χ1) is 6.56. The fourth-order valence-electron chi connectivity index (χ4n) is 0.957. The third kappa shape index (κ3) is 8.01. The maximum Gasteiger partial charge on any atom is 0.220 e. The molecule has 84 valence electrons. The van der Waals surface area contributed by atoms with Crippen molar-refractivity contribution in [1.29, 1.82) is 0 Å². The molecule has 0 aromatic carbocycles. The molecular weight excluding hydrogens is 180 g/mol. The highest BCUT2D eigenvalue weighted by Gasteiger charge is 2.06. The van der Waals surface area contributed by atoms with Gasteiger partial charge in [0.05, 0.1) is 12.7 Å². The Bertz CT molecular complexity index is 160. The topological polar surface area (TPSA) is 64.4 Å². The van der Waals surface area contributed by atoms with E-state index in [-0.39, 0.29) is 17.9 Å². The average Bonchev–Trinajstić information content (AvgIpc) is 2.12. The highest BCUT2D eigenvalue weighted by Crippen LogP contribution is 1.97. The molecule has 0 aliphatic heterocycles. The quantitative estimate of drug-likeness (QED) is 0.591. The van der Waals surface area contributed by atoms with E-state index >= 15 is 0 Å². The van der Waals surface area contributed by atoms with Gasteiger partial charge in [0.15, 0.2) is 0 Å². The van der Waals surface area contributed by atoms with E-state index in [1.165, 1.54) is 0 Å². The molecule has 0 bridgehead atoms. The lowest BCUT2D eigenvalue weighted by Gasteiger charge is -2.10. The van der Waals surface area contributed by atoms with Crippen LogP contribution in [0, 0.1) is 5.92 Å². The van der Waals surface area contributed by atoms with Crippen molar-refractivity contribution in [3.8, 4) is 0 Å². The second kappa shape index (κ2) is 7.76. The molecule has 3 N–H and O–H groups in total. The van der Waals surface area contributed by atoms with Crippen LogP contribution in [0.5, 0.6) is 0 Å². The van der Waals surface area contributed by atoms with E-state index in [1.807, 2.05) is 20.8 Å². The fraction of sp³-hybridized carbons (Fsp3) is 0.900.